The van der Waals surface area contributed by atoms with Gasteiger partial charge >= 0.3 is 0 Å². The first kappa shape index (κ1) is 35.5. The number of hydrogen-bond donors (Lipinski definition) is 1. The highest BCUT2D eigenvalue weighted by molar-refractivity contribution is 7.90. The molecule has 3 aromatic rings. The summed E-state index contributed by atoms with van der Waals surface area (Å²) >= 11 is 0. The zero-order valence-corrected chi connectivity index (χ0v) is 31.3. The van der Waals surface area contributed by atoms with Crippen LogP contribution in [0.5, 0.6) is 5.75 Å². The maximum Gasteiger partial charge on any atom is 0.264 e. The number of ether oxygens (including phenoxy) is 1. The van der Waals surface area contributed by atoms with Gasteiger partial charge in [0.05, 0.1) is 35.6 Å². The Morgan fingerprint density at radius 2 is 1.59 bits per heavy atom. The van der Waals surface area contributed by atoms with Crippen LogP contribution in [0.25, 0.3) is 22.2 Å². The number of methoxy groups -OCH3 is 1. The Balaban J connectivity index is 1.36. The Morgan fingerprint density at radius 1 is 0.941 bits per heavy atom. The molecule has 3 amide bonds. The van der Waals surface area contributed by atoms with E-state index in [1.165, 1.54) is 12.0 Å². The number of benzene rings is 2. The molecule has 51 heavy (non-hydrogen) atoms. The van der Waals surface area contributed by atoms with Crippen molar-refractivity contribution >= 4 is 38.6 Å². The van der Waals surface area contributed by atoms with Crippen LogP contribution >= 0.6 is 0 Å². The predicted molar refractivity (Wildman–Crippen MR) is 197 cm³/mol. The fourth-order valence-corrected chi connectivity index (χ4v) is 9.36. The number of nitrogens with one attached hydrogen (secondary N) is 1. The molecule has 2 aliphatic heterocycles. The van der Waals surface area contributed by atoms with Crippen molar-refractivity contribution in [3.05, 3.63) is 53.6 Å². The molecule has 3 heterocycles. The monoisotopic (exact) mass is 717 g/mol. The van der Waals surface area contributed by atoms with Gasteiger partial charge in [-0.05, 0) is 100 Å². The molecule has 2 bridgehead atoms. The molecule has 7 rings (SSSR count). The van der Waals surface area contributed by atoms with Crippen LogP contribution in [0.2, 0.25) is 0 Å². The number of piperazine rings is 2. The molecule has 2 saturated carbocycles. The molecule has 274 valence electrons. The van der Waals surface area contributed by atoms with Crippen molar-refractivity contribution < 1.29 is 27.5 Å². The van der Waals surface area contributed by atoms with E-state index >= 15 is 0 Å². The van der Waals surface area contributed by atoms with E-state index in [4.69, 9.17) is 4.74 Å². The lowest BCUT2D eigenvalue weighted by Gasteiger charge is -2.53. The van der Waals surface area contributed by atoms with Gasteiger partial charge in [-0.25, -0.2) is 13.1 Å². The Labute approximate surface area is 301 Å². The summed E-state index contributed by atoms with van der Waals surface area (Å²) < 4.78 is 35.5. The quantitative estimate of drug-likeness (QED) is 0.331. The van der Waals surface area contributed by atoms with Gasteiger partial charge in [-0.3, -0.25) is 14.4 Å². The van der Waals surface area contributed by atoms with Gasteiger partial charge in [-0.15, -0.1) is 0 Å². The minimum atomic E-state index is -3.84. The molecule has 2 atom stereocenters. The standard InChI is InChI=1S/C39H51N5O6S/c1-25(2)51(48,49)40-37(46)29-13-16-33-34(19-29)43(36(28-11-14-32(50-5)15-12-28)35(33)27-9-7-6-8-10-27)24-39(17-18-39)38(47)44-30-20-41(4)21-31(44)23-42(22-30)26(3)45/h11-16,19,25,27,30-31H,6-10,17-18,20-24H2,1-5H3,(H,40,46). The number of nitrogens with zero attached hydrogens (tertiary/aromatic N) is 4. The summed E-state index contributed by atoms with van der Waals surface area (Å²) in [5.41, 5.74) is 3.76. The first-order chi connectivity index (χ1) is 24.3. The maximum absolute atomic E-state index is 14.9. The molecule has 1 aromatic heterocycles. The van der Waals surface area contributed by atoms with Gasteiger partial charge in [-0.2, -0.15) is 0 Å². The van der Waals surface area contributed by atoms with Crippen LogP contribution in [0.3, 0.4) is 0 Å². The van der Waals surface area contributed by atoms with E-state index in [1.54, 1.807) is 33.9 Å². The highest BCUT2D eigenvalue weighted by atomic mass is 32.2. The highest BCUT2D eigenvalue weighted by Crippen LogP contribution is 2.53. The van der Waals surface area contributed by atoms with E-state index in [9.17, 15) is 22.8 Å². The molecule has 1 N–H and O–H groups in total. The van der Waals surface area contributed by atoms with E-state index in [-0.39, 0.29) is 29.5 Å². The first-order valence-corrected chi connectivity index (χ1v) is 20.0. The molecule has 0 spiro atoms. The minimum Gasteiger partial charge on any atom is -0.497 e. The van der Waals surface area contributed by atoms with Gasteiger partial charge < -0.3 is 24.0 Å². The second-order valence-electron chi connectivity index (χ2n) is 15.6. The molecule has 12 heteroatoms. The van der Waals surface area contributed by atoms with Crippen LogP contribution in [0.15, 0.2) is 42.5 Å². The van der Waals surface area contributed by atoms with Crippen LogP contribution in [0.4, 0.5) is 0 Å². The molecular weight excluding hydrogens is 667 g/mol. The lowest BCUT2D eigenvalue weighted by Crippen LogP contribution is -2.70. The fraction of sp³-hybridized carbons (Fsp3) is 0.564. The molecule has 4 fully saturated rings. The maximum atomic E-state index is 14.9. The number of carbonyl (C=O) groups excluding carboxylic acids is 3. The summed E-state index contributed by atoms with van der Waals surface area (Å²) in [5, 5.41) is 0.277. The summed E-state index contributed by atoms with van der Waals surface area (Å²) in [7, 11) is -0.107. The topological polar surface area (TPSA) is 121 Å². The summed E-state index contributed by atoms with van der Waals surface area (Å²) in [6.07, 6.45) is 7.09. The van der Waals surface area contributed by atoms with Crippen molar-refractivity contribution in [1.29, 1.82) is 0 Å². The molecule has 2 aliphatic carbocycles. The van der Waals surface area contributed by atoms with Gasteiger partial charge in [0.15, 0.2) is 0 Å². The summed E-state index contributed by atoms with van der Waals surface area (Å²) in [5.74, 6) is 0.581. The molecule has 11 nitrogen and oxygen atoms in total. The van der Waals surface area contributed by atoms with Crippen molar-refractivity contribution in [3.8, 4) is 17.0 Å². The number of amides is 3. The minimum absolute atomic E-state index is 0.0435. The Morgan fingerprint density at radius 3 is 2.16 bits per heavy atom. The summed E-state index contributed by atoms with van der Waals surface area (Å²) in [6, 6.07) is 13.4. The number of aromatic nitrogens is 1. The van der Waals surface area contributed by atoms with E-state index in [1.807, 2.05) is 29.2 Å². The zero-order chi connectivity index (χ0) is 36.2. The number of carbonyl (C=O) groups is 3. The van der Waals surface area contributed by atoms with Crippen LogP contribution in [-0.2, 0) is 26.2 Å². The predicted octanol–water partition coefficient (Wildman–Crippen LogP) is 4.99. The lowest BCUT2D eigenvalue weighted by molar-refractivity contribution is -0.156. The lowest BCUT2D eigenvalue weighted by atomic mass is 9.81. The third-order valence-electron chi connectivity index (χ3n) is 11.7. The van der Waals surface area contributed by atoms with Gasteiger partial charge in [0.25, 0.3) is 5.91 Å². The fourth-order valence-electron chi connectivity index (χ4n) is 8.75. The average molecular weight is 718 g/mol. The molecular formula is C39H51N5O6S. The van der Waals surface area contributed by atoms with Crippen LogP contribution in [0, 0.1) is 5.41 Å². The van der Waals surface area contributed by atoms with E-state index in [2.05, 4.69) is 38.3 Å². The van der Waals surface area contributed by atoms with Crippen molar-refractivity contribution in [1.82, 2.24) is 24.0 Å². The molecule has 4 aliphatic rings. The van der Waals surface area contributed by atoms with E-state index in [0.29, 0.717) is 25.6 Å². The first-order valence-electron chi connectivity index (χ1n) is 18.5. The van der Waals surface area contributed by atoms with Crippen molar-refractivity contribution in [2.75, 3.05) is 40.3 Å². The van der Waals surface area contributed by atoms with Crippen molar-refractivity contribution in [2.24, 2.45) is 5.41 Å². The van der Waals surface area contributed by atoms with E-state index < -0.39 is 26.6 Å². The largest absolute Gasteiger partial charge is 0.497 e. The zero-order valence-electron chi connectivity index (χ0n) is 30.5. The molecule has 2 unspecified atom stereocenters. The number of fused-ring (bicyclic) bond motifs is 3. The average Bonchev–Trinajstić information content (AvgIpc) is 3.82. The highest BCUT2D eigenvalue weighted by Gasteiger charge is 2.56. The molecule has 0 radical (unpaired) electrons. The molecule has 2 aromatic carbocycles. The second-order valence-corrected chi connectivity index (χ2v) is 17.9. The van der Waals surface area contributed by atoms with Gasteiger partial charge in [0.2, 0.25) is 21.8 Å². The van der Waals surface area contributed by atoms with Crippen molar-refractivity contribution in [3.63, 3.8) is 0 Å². The third-order valence-corrected chi connectivity index (χ3v) is 13.5. The van der Waals surface area contributed by atoms with Crippen LogP contribution in [0.1, 0.15) is 87.6 Å². The van der Waals surface area contributed by atoms with Gasteiger partial charge in [0, 0.05) is 56.1 Å². The summed E-state index contributed by atoms with van der Waals surface area (Å²) in [4.78, 5) is 47.0. The van der Waals surface area contributed by atoms with Crippen molar-refractivity contribution in [2.45, 2.75) is 95.5 Å². The number of rotatable bonds is 9. The second kappa shape index (κ2) is 13.6. The summed E-state index contributed by atoms with van der Waals surface area (Å²) in [6.45, 7) is 7.63. The van der Waals surface area contributed by atoms with E-state index in [0.717, 1.165) is 79.5 Å². The SMILES string of the molecule is COc1ccc(-c2c(C3CCCCC3)c3ccc(C(=O)NS(=O)(=O)C(C)C)cc3n2CC2(C(=O)N3C4CN(C)CC3CN(C(C)=O)C4)CC2)cc1. The smallest absolute Gasteiger partial charge is 0.264 e. The molecule has 2 saturated heterocycles. The van der Waals surface area contributed by atoms with Gasteiger partial charge in [-0.1, -0.05) is 25.3 Å². The number of hydrogen-bond acceptors (Lipinski definition) is 7. The number of likely N-dealkylation sites (N-methyl/N-ethyl adjacent to an activating group) is 1. The number of sulfonamides is 1. The Bertz CT molecular complexity index is 1930. The Kier molecular flexibility index (Phi) is 9.45. The van der Waals surface area contributed by atoms with Crippen LogP contribution < -0.4 is 9.46 Å². The van der Waals surface area contributed by atoms with Crippen LogP contribution in [-0.4, -0.2) is 103 Å². The third kappa shape index (κ3) is 6.65. The normalized spacial score (nSPS) is 22.3. The Hall–Kier alpha value is -3.90. The van der Waals surface area contributed by atoms with Gasteiger partial charge in [0.1, 0.15) is 5.75 Å².